The molecule has 0 aliphatic rings. The maximum Gasteiger partial charge on any atom is 0.238 e. The summed E-state index contributed by atoms with van der Waals surface area (Å²) in [5, 5.41) is 19.2. The Hall–Kier alpha value is -4.55. The Labute approximate surface area is 256 Å². The summed E-state index contributed by atoms with van der Waals surface area (Å²) in [6.07, 6.45) is 0. The smallest absolute Gasteiger partial charge is 0.238 e. The predicted molar refractivity (Wildman–Crippen MR) is 170 cm³/mol. The molecule has 6 rings (SSSR count). The molecule has 0 aliphatic heterocycles. The summed E-state index contributed by atoms with van der Waals surface area (Å²) >= 11 is 7.22. The number of anilines is 1. The molecule has 2 heterocycles. The largest absolute Gasteiger partial charge is 0.325 e. The number of fused-ring (bicyclic) bond motifs is 1. The Bertz CT molecular complexity index is 2050. The first-order chi connectivity index (χ1) is 20.8. The number of nitrogens with two attached hydrogens (primary N) is 1. The Morgan fingerprint density at radius 2 is 1.58 bits per heavy atom. The quantitative estimate of drug-likeness (QED) is 0.193. The van der Waals surface area contributed by atoms with Gasteiger partial charge in [-0.25, -0.2) is 18.5 Å². The minimum Gasteiger partial charge on any atom is -0.325 e. The van der Waals surface area contributed by atoms with Crippen molar-refractivity contribution < 1.29 is 13.2 Å². The van der Waals surface area contributed by atoms with Gasteiger partial charge in [0.15, 0.2) is 11.0 Å². The number of benzene rings is 4. The molecule has 43 heavy (non-hydrogen) atoms. The predicted octanol–water partition coefficient (Wildman–Crippen LogP) is 6.18. The first-order valence-corrected chi connectivity index (χ1v) is 15.9. The van der Waals surface area contributed by atoms with Crippen LogP contribution in [0.25, 0.3) is 39.2 Å². The number of sulfonamides is 1. The van der Waals surface area contributed by atoms with E-state index in [0.717, 1.165) is 22.2 Å². The van der Waals surface area contributed by atoms with Gasteiger partial charge in [0.2, 0.25) is 15.9 Å². The number of para-hydroxylation sites is 2. The number of aromatic nitrogens is 4. The maximum atomic E-state index is 12.8. The van der Waals surface area contributed by atoms with E-state index in [4.69, 9.17) is 21.7 Å². The lowest BCUT2D eigenvalue weighted by Gasteiger charge is -2.13. The number of nitrogens with one attached hydrogen (secondary N) is 1. The normalized spacial score (nSPS) is 11.5. The first kappa shape index (κ1) is 28.6. The Kier molecular flexibility index (Phi) is 7.96. The van der Waals surface area contributed by atoms with Gasteiger partial charge in [-0.2, -0.15) is 0 Å². The number of primary sulfonamides is 1. The molecule has 3 N–H and O–H groups in total. The summed E-state index contributed by atoms with van der Waals surface area (Å²) < 4.78 is 25.5. The minimum atomic E-state index is -3.83. The summed E-state index contributed by atoms with van der Waals surface area (Å²) in [6.45, 7) is 0. The van der Waals surface area contributed by atoms with Gasteiger partial charge >= 0.3 is 0 Å². The first-order valence-electron chi connectivity index (χ1n) is 13.0. The highest BCUT2D eigenvalue weighted by Crippen LogP contribution is 2.35. The molecule has 0 unspecified atom stereocenters. The minimum absolute atomic E-state index is 0.0165. The SMILES string of the molecule is NS(=O)(=O)c1ccc(-c2cc(-c3nnc(SCC(=O)Nc4ccc(Cl)cc4)n3-c3ccccc3)c3ccccc3n2)cc1. The van der Waals surface area contributed by atoms with Gasteiger partial charge < -0.3 is 5.32 Å². The van der Waals surface area contributed by atoms with Crippen molar-refractivity contribution in [3.05, 3.63) is 114 Å². The van der Waals surface area contributed by atoms with Crippen molar-refractivity contribution in [2.24, 2.45) is 5.14 Å². The van der Waals surface area contributed by atoms with Crippen molar-refractivity contribution in [3.63, 3.8) is 0 Å². The number of carbonyl (C=O) groups excluding carboxylic acids is 1. The van der Waals surface area contributed by atoms with Crippen LogP contribution in [0.15, 0.2) is 119 Å². The molecule has 214 valence electrons. The highest BCUT2D eigenvalue weighted by molar-refractivity contribution is 7.99. The van der Waals surface area contributed by atoms with Crippen molar-refractivity contribution in [2.75, 3.05) is 11.1 Å². The molecule has 1 amide bonds. The van der Waals surface area contributed by atoms with Gasteiger partial charge in [-0.15, -0.1) is 10.2 Å². The highest BCUT2D eigenvalue weighted by Gasteiger charge is 2.21. The Balaban J connectivity index is 1.41. The van der Waals surface area contributed by atoms with E-state index in [9.17, 15) is 13.2 Å². The van der Waals surface area contributed by atoms with E-state index in [-0.39, 0.29) is 16.6 Å². The molecule has 4 aromatic carbocycles. The van der Waals surface area contributed by atoms with Crippen LogP contribution in [-0.2, 0) is 14.8 Å². The number of nitrogens with zero attached hydrogens (tertiary/aromatic N) is 4. The lowest BCUT2D eigenvalue weighted by molar-refractivity contribution is -0.113. The molecular weight excluding hydrogens is 604 g/mol. The molecule has 0 saturated carbocycles. The second-order valence-corrected chi connectivity index (χ2v) is 12.4. The number of rotatable bonds is 8. The highest BCUT2D eigenvalue weighted by atomic mass is 35.5. The van der Waals surface area contributed by atoms with E-state index >= 15 is 0 Å². The number of hydrogen-bond donors (Lipinski definition) is 2. The van der Waals surface area contributed by atoms with Crippen LogP contribution in [0.1, 0.15) is 0 Å². The fraction of sp³-hybridized carbons (Fsp3) is 0.0323. The average molecular weight is 627 g/mol. The van der Waals surface area contributed by atoms with Crippen molar-refractivity contribution in [1.82, 2.24) is 19.7 Å². The third-order valence-electron chi connectivity index (χ3n) is 6.54. The lowest BCUT2D eigenvalue weighted by atomic mass is 10.0. The number of amides is 1. The van der Waals surface area contributed by atoms with Crippen LogP contribution in [0.3, 0.4) is 0 Å². The molecule has 0 saturated heterocycles. The summed E-state index contributed by atoms with van der Waals surface area (Å²) in [5.41, 5.74) is 4.29. The maximum absolute atomic E-state index is 12.8. The van der Waals surface area contributed by atoms with Crippen molar-refractivity contribution in [2.45, 2.75) is 10.1 Å². The third-order valence-corrected chi connectivity index (χ3v) is 8.65. The Morgan fingerprint density at radius 3 is 2.30 bits per heavy atom. The molecule has 0 bridgehead atoms. The molecular formula is C31H23ClN6O3S2. The van der Waals surface area contributed by atoms with Gasteiger partial charge in [0.05, 0.1) is 21.9 Å². The molecule has 9 nitrogen and oxygen atoms in total. The van der Waals surface area contributed by atoms with Gasteiger partial charge in [-0.3, -0.25) is 9.36 Å². The molecule has 0 fully saturated rings. The summed E-state index contributed by atoms with van der Waals surface area (Å²) in [6, 6.07) is 32.4. The second kappa shape index (κ2) is 12.0. The van der Waals surface area contributed by atoms with Crippen LogP contribution in [0.2, 0.25) is 5.02 Å². The van der Waals surface area contributed by atoms with E-state index in [1.807, 2.05) is 65.2 Å². The summed E-state index contributed by atoms with van der Waals surface area (Å²) in [7, 11) is -3.83. The van der Waals surface area contributed by atoms with Gasteiger partial charge in [0, 0.05) is 32.9 Å². The second-order valence-electron chi connectivity index (χ2n) is 9.46. The van der Waals surface area contributed by atoms with Crippen LogP contribution < -0.4 is 10.5 Å². The molecule has 0 radical (unpaired) electrons. The number of halogens is 1. The fourth-order valence-corrected chi connectivity index (χ4v) is 5.93. The average Bonchev–Trinajstić information content (AvgIpc) is 3.44. The third kappa shape index (κ3) is 6.30. The number of thioether (sulfide) groups is 1. The zero-order chi connectivity index (χ0) is 30.0. The monoisotopic (exact) mass is 626 g/mol. The van der Waals surface area contributed by atoms with Crippen LogP contribution in [-0.4, -0.2) is 39.8 Å². The van der Waals surface area contributed by atoms with Crippen molar-refractivity contribution in [1.29, 1.82) is 0 Å². The van der Waals surface area contributed by atoms with Gasteiger partial charge in [0.25, 0.3) is 0 Å². The standard InChI is InChI=1S/C31H23ClN6O3S2/c32-21-12-14-22(15-13-21)34-29(39)19-42-31-37-36-30(38(31)23-6-2-1-3-7-23)26-18-28(35-27-9-5-4-8-25(26)27)20-10-16-24(17-11-20)43(33,40)41/h1-18H,19H2,(H,34,39)(H2,33,40,41). The molecule has 2 aromatic heterocycles. The molecule has 12 heteroatoms. The van der Waals surface area contributed by atoms with Gasteiger partial charge in [0.1, 0.15) is 0 Å². The van der Waals surface area contributed by atoms with E-state index < -0.39 is 10.0 Å². The molecule has 0 spiro atoms. The lowest BCUT2D eigenvalue weighted by Crippen LogP contribution is -2.14. The van der Waals surface area contributed by atoms with E-state index in [1.165, 1.54) is 23.9 Å². The topological polar surface area (TPSA) is 133 Å². The zero-order valence-corrected chi connectivity index (χ0v) is 24.8. The van der Waals surface area contributed by atoms with E-state index in [1.54, 1.807) is 36.4 Å². The number of pyridine rings is 1. The van der Waals surface area contributed by atoms with Crippen molar-refractivity contribution >= 4 is 55.9 Å². The van der Waals surface area contributed by atoms with Crippen LogP contribution in [0, 0.1) is 0 Å². The molecule has 0 atom stereocenters. The number of carbonyl (C=O) groups is 1. The van der Waals surface area contributed by atoms with E-state index in [0.29, 0.717) is 32.9 Å². The molecule has 0 aliphatic carbocycles. The van der Waals surface area contributed by atoms with Crippen LogP contribution in [0.4, 0.5) is 5.69 Å². The number of hydrogen-bond acceptors (Lipinski definition) is 7. The van der Waals surface area contributed by atoms with Gasteiger partial charge in [-0.05, 0) is 60.7 Å². The summed E-state index contributed by atoms with van der Waals surface area (Å²) in [5.74, 6) is 0.468. The van der Waals surface area contributed by atoms with Gasteiger partial charge in [-0.1, -0.05) is 71.9 Å². The summed E-state index contributed by atoms with van der Waals surface area (Å²) in [4.78, 5) is 17.6. The van der Waals surface area contributed by atoms with Crippen molar-refractivity contribution in [3.8, 4) is 28.3 Å². The van der Waals surface area contributed by atoms with Crippen LogP contribution in [0.5, 0.6) is 0 Å². The Morgan fingerprint density at radius 1 is 0.884 bits per heavy atom. The van der Waals surface area contributed by atoms with E-state index in [2.05, 4.69) is 15.5 Å². The molecule has 6 aromatic rings. The van der Waals surface area contributed by atoms with Crippen LogP contribution >= 0.6 is 23.4 Å². The zero-order valence-electron chi connectivity index (χ0n) is 22.4. The fourth-order valence-electron chi connectivity index (χ4n) is 4.53.